The second kappa shape index (κ2) is 6.41. The molecule has 0 bridgehead atoms. The van der Waals surface area contributed by atoms with Crippen molar-refractivity contribution in [2.75, 3.05) is 5.32 Å². The summed E-state index contributed by atoms with van der Waals surface area (Å²) in [6, 6.07) is 12.8. The van der Waals surface area contributed by atoms with Gasteiger partial charge in [-0.25, -0.2) is 0 Å². The number of rotatable bonds is 3. The van der Waals surface area contributed by atoms with Gasteiger partial charge in [-0.3, -0.25) is 0 Å². The highest BCUT2D eigenvalue weighted by molar-refractivity contribution is 9.10. The highest BCUT2D eigenvalue weighted by Crippen LogP contribution is 2.29. The summed E-state index contributed by atoms with van der Waals surface area (Å²) in [7, 11) is 0. The van der Waals surface area contributed by atoms with Gasteiger partial charge in [0.1, 0.15) is 0 Å². The molecule has 0 aromatic heterocycles. The van der Waals surface area contributed by atoms with Crippen LogP contribution in [0.4, 0.5) is 5.69 Å². The Morgan fingerprint density at radius 2 is 1.71 bits per heavy atom. The summed E-state index contributed by atoms with van der Waals surface area (Å²) >= 11 is 9.75. The van der Waals surface area contributed by atoms with E-state index < -0.39 is 0 Å². The molecule has 0 fully saturated rings. The summed E-state index contributed by atoms with van der Waals surface area (Å²) in [6.45, 7) is 9.47. The molecule has 0 saturated carbocycles. The Kier molecular flexibility index (Phi) is 5.00. The first kappa shape index (κ1) is 16.4. The summed E-state index contributed by atoms with van der Waals surface area (Å²) in [4.78, 5) is 0. The number of aryl methyl sites for hydroxylation is 1. The largest absolute Gasteiger partial charge is 0.380 e. The molecule has 21 heavy (non-hydrogen) atoms. The Balaban J connectivity index is 2.08. The van der Waals surface area contributed by atoms with Crippen LogP contribution in [-0.2, 0) is 12.0 Å². The van der Waals surface area contributed by atoms with Crippen LogP contribution >= 0.6 is 27.5 Å². The Labute approximate surface area is 140 Å². The maximum absolute atomic E-state index is 6.18. The molecule has 1 N–H and O–H groups in total. The van der Waals surface area contributed by atoms with Crippen molar-refractivity contribution >= 4 is 33.2 Å². The second-order valence-corrected chi connectivity index (χ2v) is 7.64. The molecule has 0 saturated heterocycles. The number of benzene rings is 2. The van der Waals surface area contributed by atoms with E-state index in [-0.39, 0.29) is 5.41 Å². The minimum absolute atomic E-state index is 0.194. The Morgan fingerprint density at radius 1 is 1.10 bits per heavy atom. The normalized spacial score (nSPS) is 11.5. The van der Waals surface area contributed by atoms with E-state index in [2.05, 4.69) is 66.3 Å². The van der Waals surface area contributed by atoms with Crippen LogP contribution in [0.5, 0.6) is 0 Å². The van der Waals surface area contributed by atoms with Gasteiger partial charge in [-0.1, -0.05) is 56.6 Å². The molecule has 0 aliphatic heterocycles. The molecular weight excluding hydrogens is 346 g/mol. The third-order valence-corrected chi connectivity index (χ3v) is 4.61. The standard InChI is InChI=1S/C18H21BrClN/c1-12-9-15(19)17(10-16(12)20)21-11-13-5-7-14(8-6-13)18(2,3)4/h5-10,21H,11H2,1-4H3. The van der Waals surface area contributed by atoms with Crippen molar-refractivity contribution in [1.29, 1.82) is 0 Å². The van der Waals surface area contributed by atoms with Crippen LogP contribution in [0.3, 0.4) is 0 Å². The van der Waals surface area contributed by atoms with Gasteiger partial charge in [0.2, 0.25) is 0 Å². The minimum Gasteiger partial charge on any atom is -0.380 e. The van der Waals surface area contributed by atoms with Crippen LogP contribution in [0.25, 0.3) is 0 Å². The van der Waals surface area contributed by atoms with Crippen LogP contribution in [0.1, 0.15) is 37.5 Å². The molecule has 3 heteroatoms. The summed E-state index contributed by atoms with van der Waals surface area (Å²) in [5.41, 5.74) is 4.89. The molecule has 0 unspecified atom stereocenters. The summed E-state index contributed by atoms with van der Waals surface area (Å²) < 4.78 is 1.04. The van der Waals surface area contributed by atoms with Gasteiger partial charge in [-0.05, 0) is 57.1 Å². The molecule has 0 radical (unpaired) electrons. The fourth-order valence-electron chi connectivity index (χ4n) is 2.10. The lowest BCUT2D eigenvalue weighted by molar-refractivity contribution is 0.590. The molecule has 0 amide bonds. The monoisotopic (exact) mass is 365 g/mol. The summed E-state index contributed by atoms with van der Waals surface area (Å²) in [5.74, 6) is 0. The van der Waals surface area contributed by atoms with Crippen molar-refractivity contribution in [2.24, 2.45) is 0 Å². The van der Waals surface area contributed by atoms with Crippen LogP contribution in [0, 0.1) is 6.92 Å². The fraction of sp³-hybridized carbons (Fsp3) is 0.333. The van der Waals surface area contributed by atoms with E-state index in [0.29, 0.717) is 0 Å². The van der Waals surface area contributed by atoms with Crippen molar-refractivity contribution in [2.45, 2.75) is 39.7 Å². The van der Waals surface area contributed by atoms with Gasteiger partial charge < -0.3 is 5.32 Å². The highest BCUT2D eigenvalue weighted by Gasteiger charge is 2.12. The first-order chi connectivity index (χ1) is 9.77. The van der Waals surface area contributed by atoms with Crippen molar-refractivity contribution in [1.82, 2.24) is 0 Å². The maximum atomic E-state index is 6.18. The van der Waals surface area contributed by atoms with E-state index in [4.69, 9.17) is 11.6 Å². The number of hydrogen-bond acceptors (Lipinski definition) is 1. The van der Waals surface area contributed by atoms with Crippen LogP contribution in [-0.4, -0.2) is 0 Å². The fourth-order valence-corrected chi connectivity index (χ4v) is 2.86. The third-order valence-electron chi connectivity index (χ3n) is 3.55. The van der Waals surface area contributed by atoms with Crippen molar-refractivity contribution < 1.29 is 0 Å². The van der Waals surface area contributed by atoms with Crippen molar-refractivity contribution in [3.05, 3.63) is 62.6 Å². The van der Waals surface area contributed by atoms with Gasteiger partial charge in [-0.2, -0.15) is 0 Å². The average Bonchev–Trinajstić information content (AvgIpc) is 2.41. The number of anilines is 1. The molecule has 0 atom stereocenters. The molecule has 2 rings (SSSR count). The van der Waals surface area contributed by atoms with Gasteiger partial charge in [0.05, 0.1) is 5.69 Å². The quantitative estimate of drug-likeness (QED) is 0.670. The van der Waals surface area contributed by atoms with Crippen LogP contribution in [0.15, 0.2) is 40.9 Å². The van der Waals surface area contributed by atoms with E-state index in [0.717, 1.165) is 27.3 Å². The Hall–Kier alpha value is -0.990. The maximum Gasteiger partial charge on any atom is 0.0502 e. The van der Waals surface area contributed by atoms with E-state index in [1.54, 1.807) is 0 Å². The molecule has 0 spiro atoms. The second-order valence-electron chi connectivity index (χ2n) is 6.38. The van der Waals surface area contributed by atoms with E-state index in [1.165, 1.54) is 11.1 Å². The molecule has 0 aliphatic rings. The summed E-state index contributed by atoms with van der Waals surface area (Å²) in [6.07, 6.45) is 0. The van der Waals surface area contributed by atoms with E-state index >= 15 is 0 Å². The van der Waals surface area contributed by atoms with Gasteiger partial charge >= 0.3 is 0 Å². The smallest absolute Gasteiger partial charge is 0.0502 e. The Morgan fingerprint density at radius 3 is 2.29 bits per heavy atom. The topological polar surface area (TPSA) is 12.0 Å². The van der Waals surface area contributed by atoms with Gasteiger partial charge in [-0.15, -0.1) is 0 Å². The predicted octanol–water partition coefficient (Wildman–Crippen LogP) is 6.32. The van der Waals surface area contributed by atoms with Gasteiger partial charge in [0, 0.05) is 16.0 Å². The lowest BCUT2D eigenvalue weighted by atomic mass is 9.87. The summed E-state index contributed by atoms with van der Waals surface area (Å²) in [5, 5.41) is 4.21. The van der Waals surface area contributed by atoms with Crippen molar-refractivity contribution in [3.8, 4) is 0 Å². The van der Waals surface area contributed by atoms with Gasteiger partial charge in [0.15, 0.2) is 0 Å². The van der Waals surface area contributed by atoms with Gasteiger partial charge in [0.25, 0.3) is 0 Å². The first-order valence-corrected chi connectivity index (χ1v) is 8.23. The molecule has 2 aromatic rings. The molecule has 2 aromatic carbocycles. The number of nitrogens with one attached hydrogen (secondary N) is 1. The molecular formula is C18H21BrClN. The zero-order valence-electron chi connectivity index (χ0n) is 12.9. The molecule has 1 nitrogen and oxygen atoms in total. The zero-order chi connectivity index (χ0) is 15.6. The molecule has 112 valence electrons. The van der Waals surface area contributed by atoms with E-state index in [1.807, 2.05) is 19.1 Å². The number of hydrogen-bond donors (Lipinski definition) is 1. The van der Waals surface area contributed by atoms with Crippen LogP contribution in [0.2, 0.25) is 5.02 Å². The number of halogens is 2. The lowest BCUT2D eigenvalue weighted by Gasteiger charge is -2.19. The molecule has 0 heterocycles. The predicted molar refractivity (Wildman–Crippen MR) is 96.4 cm³/mol. The molecule has 0 aliphatic carbocycles. The third kappa shape index (κ3) is 4.24. The highest BCUT2D eigenvalue weighted by atomic mass is 79.9. The van der Waals surface area contributed by atoms with E-state index in [9.17, 15) is 0 Å². The minimum atomic E-state index is 0.194. The zero-order valence-corrected chi connectivity index (χ0v) is 15.3. The SMILES string of the molecule is Cc1cc(Br)c(NCc2ccc(C(C)(C)C)cc2)cc1Cl. The average molecular weight is 367 g/mol. The lowest BCUT2D eigenvalue weighted by Crippen LogP contribution is -2.11. The Bertz CT molecular complexity index is 627. The van der Waals surface area contributed by atoms with Crippen LogP contribution < -0.4 is 5.32 Å². The van der Waals surface area contributed by atoms with Crippen molar-refractivity contribution in [3.63, 3.8) is 0 Å². The first-order valence-electron chi connectivity index (χ1n) is 7.06.